The van der Waals surface area contributed by atoms with Crippen LogP contribution in [0.4, 0.5) is 17.1 Å². The van der Waals surface area contributed by atoms with Gasteiger partial charge in [0.25, 0.3) is 0 Å². The molecule has 0 fully saturated rings. The summed E-state index contributed by atoms with van der Waals surface area (Å²) in [6.45, 7) is 9.00. The van der Waals surface area contributed by atoms with Crippen LogP contribution in [0.5, 0.6) is 0 Å². The number of hydrogen-bond acceptors (Lipinski definition) is 1. The minimum Gasteiger partial charge on any atom is -0.310 e. The minimum atomic E-state index is 0.0778. The van der Waals surface area contributed by atoms with Gasteiger partial charge in [-0.3, -0.25) is 0 Å². The van der Waals surface area contributed by atoms with Gasteiger partial charge in [-0.2, -0.15) is 0 Å². The Balaban J connectivity index is 1.39. The van der Waals surface area contributed by atoms with Gasteiger partial charge in [-0.05, 0) is 85.3 Å². The maximum atomic E-state index is 2.60. The van der Waals surface area contributed by atoms with E-state index >= 15 is 0 Å². The van der Waals surface area contributed by atoms with Crippen LogP contribution < -0.4 is 4.90 Å². The minimum absolute atomic E-state index is 0.0778. The zero-order chi connectivity index (χ0) is 36.4. The van der Waals surface area contributed by atoms with Crippen molar-refractivity contribution in [3.63, 3.8) is 0 Å². The van der Waals surface area contributed by atoms with Crippen molar-refractivity contribution in [1.29, 1.82) is 0 Å². The summed E-state index contributed by atoms with van der Waals surface area (Å²) >= 11 is 0. The molecule has 0 saturated heterocycles. The number of benzene rings is 4. The van der Waals surface area contributed by atoms with Crippen LogP contribution in [-0.4, -0.2) is 0 Å². The highest BCUT2D eigenvalue weighted by atomic mass is 15.1. The van der Waals surface area contributed by atoms with Gasteiger partial charge in [-0.1, -0.05) is 208 Å². The molecule has 1 aliphatic rings. The molecule has 0 saturated carbocycles. The average molecular weight is 698 g/mol. The first-order valence-corrected chi connectivity index (χ1v) is 21.8. The number of hydrogen-bond donors (Lipinski definition) is 0. The van der Waals surface area contributed by atoms with Crippen molar-refractivity contribution in [1.82, 2.24) is 0 Å². The van der Waals surface area contributed by atoms with Crippen molar-refractivity contribution in [2.24, 2.45) is 0 Å². The highest BCUT2D eigenvalue weighted by molar-refractivity contribution is 5.85. The molecule has 280 valence electrons. The Hall–Kier alpha value is -3.32. The zero-order valence-electron chi connectivity index (χ0n) is 33.7. The Bertz CT molecular complexity index is 1510. The van der Waals surface area contributed by atoms with Gasteiger partial charge in [0.1, 0.15) is 0 Å². The molecule has 0 spiro atoms. The Morgan fingerprint density at radius 3 is 1.23 bits per heavy atom. The number of fused-ring (bicyclic) bond motifs is 3. The molecule has 4 aromatic carbocycles. The van der Waals surface area contributed by atoms with Crippen LogP contribution in [0.2, 0.25) is 0 Å². The van der Waals surface area contributed by atoms with E-state index in [0.717, 1.165) is 0 Å². The van der Waals surface area contributed by atoms with E-state index in [0.29, 0.717) is 0 Å². The molecule has 0 amide bonds. The summed E-state index contributed by atoms with van der Waals surface area (Å²) in [6.07, 6.45) is 30.2. The van der Waals surface area contributed by atoms with Gasteiger partial charge in [-0.15, -0.1) is 0 Å². The van der Waals surface area contributed by atoms with Crippen LogP contribution in [0.3, 0.4) is 0 Å². The lowest BCUT2D eigenvalue weighted by Gasteiger charge is -2.34. The van der Waals surface area contributed by atoms with Crippen LogP contribution in [0.25, 0.3) is 11.1 Å². The summed E-state index contributed by atoms with van der Waals surface area (Å²) in [5.41, 5.74) is 12.5. The van der Waals surface area contributed by atoms with Crippen LogP contribution >= 0.6 is 0 Å². The molecule has 1 heteroatoms. The molecule has 0 aliphatic heterocycles. The largest absolute Gasteiger partial charge is 0.310 e. The fraction of sp³-hybridized carbons (Fsp3) is 0.529. The van der Waals surface area contributed by atoms with E-state index in [1.54, 1.807) is 11.1 Å². The lowest BCUT2D eigenvalue weighted by Crippen LogP contribution is -2.26. The third-order valence-electron chi connectivity index (χ3n) is 12.0. The third-order valence-corrected chi connectivity index (χ3v) is 12.0. The molecule has 5 rings (SSSR count). The van der Waals surface area contributed by atoms with Gasteiger partial charge in [0.2, 0.25) is 0 Å². The molecular formula is C51H71N. The van der Waals surface area contributed by atoms with Crippen molar-refractivity contribution in [3.05, 3.63) is 113 Å². The number of anilines is 3. The van der Waals surface area contributed by atoms with Crippen molar-refractivity contribution in [3.8, 4) is 11.1 Å². The topological polar surface area (TPSA) is 3.24 Å². The second-order valence-corrected chi connectivity index (χ2v) is 16.2. The van der Waals surface area contributed by atoms with Crippen molar-refractivity contribution >= 4 is 17.1 Å². The average Bonchev–Trinajstić information content (AvgIpc) is 3.43. The molecule has 0 N–H and O–H groups in total. The molecular weight excluding hydrogens is 627 g/mol. The molecule has 0 atom stereocenters. The predicted octanol–water partition coefficient (Wildman–Crippen LogP) is 16.7. The Morgan fingerprint density at radius 1 is 0.385 bits per heavy atom. The predicted molar refractivity (Wildman–Crippen MR) is 230 cm³/mol. The molecule has 0 unspecified atom stereocenters. The highest BCUT2D eigenvalue weighted by Crippen LogP contribution is 2.55. The van der Waals surface area contributed by atoms with E-state index < -0.39 is 0 Å². The van der Waals surface area contributed by atoms with E-state index in [-0.39, 0.29) is 5.41 Å². The Morgan fingerprint density at radius 2 is 0.769 bits per heavy atom. The number of rotatable bonds is 25. The van der Waals surface area contributed by atoms with Gasteiger partial charge in [0.15, 0.2) is 0 Å². The van der Waals surface area contributed by atoms with Gasteiger partial charge < -0.3 is 4.90 Å². The van der Waals surface area contributed by atoms with Gasteiger partial charge >= 0.3 is 0 Å². The van der Waals surface area contributed by atoms with E-state index in [2.05, 4.69) is 124 Å². The van der Waals surface area contributed by atoms with Gasteiger partial charge in [-0.25, -0.2) is 0 Å². The standard InChI is InChI=1S/C51H71N/c1-5-7-9-11-13-15-17-19-21-25-39-51(40-26-22-20-18-16-14-12-10-8-6-2)49-28-24-23-27-47(49)48-38-37-46(41-50(48)51)52(44-33-29-42(3)30-34-44)45-35-31-43(4)32-36-45/h23-24,27-38,41H,5-22,25-26,39-40H2,1-4H3. The molecule has 4 aromatic rings. The molecule has 1 aliphatic carbocycles. The fourth-order valence-corrected chi connectivity index (χ4v) is 8.91. The van der Waals surface area contributed by atoms with E-state index in [4.69, 9.17) is 0 Å². The number of aryl methyl sites for hydroxylation is 2. The summed E-state index contributed by atoms with van der Waals surface area (Å²) in [4.78, 5) is 2.48. The van der Waals surface area contributed by atoms with E-state index in [9.17, 15) is 0 Å². The first-order valence-electron chi connectivity index (χ1n) is 21.8. The highest BCUT2D eigenvalue weighted by Gasteiger charge is 2.42. The molecule has 0 heterocycles. The summed E-state index contributed by atoms with van der Waals surface area (Å²) in [7, 11) is 0. The molecule has 0 aromatic heterocycles. The Labute approximate surface area is 319 Å². The van der Waals surface area contributed by atoms with Gasteiger partial charge in [0.05, 0.1) is 0 Å². The number of unbranched alkanes of at least 4 members (excludes halogenated alkanes) is 18. The van der Waals surface area contributed by atoms with Gasteiger partial charge in [0, 0.05) is 22.5 Å². The van der Waals surface area contributed by atoms with Crippen LogP contribution in [0.15, 0.2) is 91.0 Å². The molecule has 0 radical (unpaired) electrons. The van der Waals surface area contributed by atoms with Crippen LogP contribution in [0, 0.1) is 13.8 Å². The number of nitrogens with zero attached hydrogens (tertiary/aromatic N) is 1. The first kappa shape index (κ1) is 39.9. The lowest BCUT2D eigenvalue weighted by molar-refractivity contribution is 0.397. The second-order valence-electron chi connectivity index (χ2n) is 16.2. The van der Waals surface area contributed by atoms with Crippen molar-refractivity contribution < 1.29 is 0 Å². The molecule has 0 bridgehead atoms. The van der Waals surface area contributed by atoms with Crippen LogP contribution in [0.1, 0.15) is 177 Å². The zero-order valence-corrected chi connectivity index (χ0v) is 33.7. The summed E-state index contributed by atoms with van der Waals surface area (Å²) in [5, 5.41) is 0. The maximum Gasteiger partial charge on any atom is 0.0465 e. The monoisotopic (exact) mass is 698 g/mol. The molecule has 52 heavy (non-hydrogen) atoms. The molecule has 1 nitrogen and oxygen atoms in total. The van der Waals surface area contributed by atoms with E-state index in [1.165, 1.54) is 181 Å². The smallest absolute Gasteiger partial charge is 0.0465 e. The SMILES string of the molecule is CCCCCCCCCCCCC1(CCCCCCCCCCCC)c2ccccc2-c2ccc(N(c3ccc(C)cc3)c3ccc(C)cc3)cc21. The maximum absolute atomic E-state index is 2.60. The second kappa shape index (κ2) is 21.4. The summed E-state index contributed by atoms with van der Waals surface area (Å²) < 4.78 is 0. The normalized spacial score (nSPS) is 12.9. The fourth-order valence-electron chi connectivity index (χ4n) is 8.91. The van der Waals surface area contributed by atoms with E-state index in [1.807, 2.05) is 0 Å². The summed E-state index contributed by atoms with van der Waals surface area (Å²) in [5.74, 6) is 0. The van der Waals surface area contributed by atoms with Crippen molar-refractivity contribution in [2.45, 2.75) is 174 Å². The quantitative estimate of drug-likeness (QED) is 0.0623. The van der Waals surface area contributed by atoms with Crippen LogP contribution in [-0.2, 0) is 5.41 Å². The first-order chi connectivity index (χ1) is 25.6. The Kier molecular flexibility index (Phi) is 16.4. The summed E-state index contributed by atoms with van der Waals surface area (Å²) in [6, 6.07) is 35.1. The lowest BCUT2D eigenvalue weighted by atomic mass is 9.70. The third kappa shape index (κ3) is 10.9. The van der Waals surface area contributed by atoms with Crippen molar-refractivity contribution in [2.75, 3.05) is 4.90 Å².